The Morgan fingerprint density at radius 3 is 2.91 bits per heavy atom. The number of rotatable bonds is 2. The van der Waals surface area contributed by atoms with E-state index in [4.69, 9.17) is 0 Å². The molecule has 0 amide bonds. The van der Waals surface area contributed by atoms with Gasteiger partial charge in [0, 0.05) is 0 Å². The lowest BCUT2D eigenvalue weighted by Gasteiger charge is -2.00. The van der Waals surface area contributed by atoms with Crippen molar-refractivity contribution in [3.05, 3.63) is 48.1 Å². The maximum atomic E-state index is 3.80. The second-order valence-corrected chi connectivity index (χ2v) is 2.86. The van der Waals surface area contributed by atoms with Gasteiger partial charge in [0.1, 0.15) is 0 Å². The summed E-state index contributed by atoms with van der Waals surface area (Å²) in [6.45, 7) is 5.80. The Balaban J connectivity index is 2.55. The first-order chi connectivity index (χ1) is 5.29. The van der Waals surface area contributed by atoms with Crippen LogP contribution in [0.2, 0.25) is 0 Å². The largest absolute Gasteiger partial charge is 0.0961 e. The van der Waals surface area contributed by atoms with Crippen LogP contribution in [0.25, 0.3) is 0 Å². The standard InChI is InChI=1S/C11H14/c1-10(2)8-9-11-6-4-3-5-7-11/h4,6-9H,1,3,5H2,2H3/b9-8+. The molecule has 58 valence electrons. The van der Waals surface area contributed by atoms with E-state index in [0.717, 1.165) is 5.57 Å². The molecule has 0 aromatic carbocycles. The molecule has 0 nitrogen and oxygen atoms in total. The van der Waals surface area contributed by atoms with Gasteiger partial charge in [0.05, 0.1) is 0 Å². The summed E-state index contributed by atoms with van der Waals surface area (Å²) in [5.41, 5.74) is 2.41. The van der Waals surface area contributed by atoms with E-state index in [2.05, 4.69) is 30.9 Å². The second-order valence-electron chi connectivity index (χ2n) is 2.86. The molecule has 0 radical (unpaired) electrons. The highest BCUT2D eigenvalue weighted by Crippen LogP contribution is 2.10. The first-order valence-electron chi connectivity index (χ1n) is 3.99. The quantitative estimate of drug-likeness (QED) is 0.524. The Labute approximate surface area is 68.6 Å². The molecule has 0 aromatic rings. The number of hydrogen-bond acceptors (Lipinski definition) is 0. The summed E-state index contributed by atoms with van der Waals surface area (Å²) in [6, 6.07) is 0. The molecule has 0 atom stereocenters. The lowest BCUT2D eigenvalue weighted by atomic mass is 10.1. The number of hydrogen-bond donors (Lipinski definition) is 0. The maximum Gasteiger partial charge on any atom is -0.0300 e. The predicted molar refractivity (Wildman–Crippen MR) is 50.4 cm³/mol. The first-order valence-corrected chi connectivity index (χ1v) is 3.99. The highest BCUT2D eigenvalue weighted by atomic mass is 14.0. The van der Waals surface area contributed by atoms with E-state index >= 15 is 0 Å². The molecule has 0 aliphatic heterocycles. The molecule has 0 saturated carbocycles. The van der Waals surface area contributed by atoms with E-state index in [0.29, 0.717) is 0 Å². The van der Waals surface area contributed by atoms with Crippen molar-refractivity contribution in [1.29, 1.82) is 0 Å². The molecular weight excluding hydrogens is 132 g/mol. The van der Waals surface area contributed by atoms with Crippen LogP contribution in [-0.4, -0.2) is 0 Å². The van der Waals surface area contributed by atoms with E-state index in [1.54, 1.807) is 0 Å². The monoisotopic (exact) mass is 146 g/mol. The van der Waals surface area contributed by atoms with Crippen molar-refractivity contribution in [2.24, 2.45) is 0 Å². The fourth-order valence-corrected chi connectivity index (χ4v) is 0.996. The van der Waals surface area contributed by atoms with Crippen LogP contribution in [-0.2, 0) is 0 Å². The zero-order chi connectivity index (χ0) is 8.10. The predicted octanol–water partition coefficient (Wildman–Crippen LogP) is 3.40. The van der Waals surface area contributed by atoms with Gasteiger partial charge in [-0.05, 0) is 25.3 Å². The molecule has 1 aliphatic carbocycles. The summed E-state index contributed by atoms with van der Waals surface area (Å²) in [5.74, 6) is 0. The van der Waals surface area contributed by atoms with Crippen molar-refractivity contribution in [1.82, 2.24) is 0 Å². The van der Waals surface area contributed by atoms with Gasteiger partial charge < -0.3 is 0 Å². The third-order valence-corrected chi connectivity index (χ3v) is 1.58. The van der Waals surface area contributed by atoms with Gasteiger partial charge >= 0.3 is 0 Å². The zero-order valence-corrected chi connectivity index (χ0v) is 7.01. The van der Waals surface area contributed by atoms with Crippen molar-refractivity contribution in [3.63, 3.8) is 0 Å². The van der Waals surface area contributed by atoms with Crippen LogP contribution in [0.15, 0.2) is 48.1 Å². The maximum absolute atomic E-state index is 3.80. The normalized spacial score (nSPS) is 17.0. The van der Waals surface area contributed by atoms with Crippen LogP contribution in [0.3, 0.4) is 0 Å². The minimum absolute atomic E-state index is 1.10. The average Bonchev–Trinajstić information content (AvgIpc) is 2.03. The number of allylic oxidation sites excluding steroid dienone is 7. The summed E-state index contributed by atoms with van der Waals surface area (Å²) in [4.78, 5) is 0. The van der Waals surface area contributed by atoms with Crippen molar-refractivity contribution >= 4 is 0 Å². The van der Waals surface area contributed by atoms with Gasteiger partial charge in [0.2, 0.25) is 0 Å². The van der Waals surface area contributed by atoms with Crippen LogP contribution in [0.4, 0.5) is 0 Å². The molecule has 0 fully saturated rings. The lowest BCUT2D eigenvalue weighted by Crippen LogP contribution is -1.79. The first kappa shape index (κ1) is 8.06. The summed E-state index contributed by atoms with van der Waals surface area (Å²) in [6.07, 6.45) is 13.1. The van der Waals surface area contributed by atoms with Crippen LogP contribution in [0, 0.1) is 0 Å². The van der Waals surface area contributed by atoms with Gasteiger partial charge in [-0.2, -0.15) is 0 Å². The molecule has 0 spiro atoms. The van der Waals surface area contributed by atoms with Gasteiger partial charge in [-0.1, -0.05) is 42.5 Å². The van der Waals surface area contributed by atoms with Crippen molar-refractivity contribution in [2.45, 2.75) is 19.8 Å². The van der Waals surface area contributed by atoms with Gasteiger partial charge in [0.25, 0.3) is 0 Å². The fourth-order valence-electron chi connectivity index (χ4n) is 0.996. The molecule has 0 bridgehead atoms. The van der Waals surface area contributed by atoms with Crippen LogP contribution in [0.5, 0.6) is 0 Å². The molecule has 11 heavy (non-hydrogen) atoms. The van der Waals surface area contributed by atoms with Gasteiger partial charge in [-0.15, -0.1) is 0 Å². The Morgan fingerprint density at radius 2 is 2.36 bits per heavy atom. The molecule has 1 rings (SSSR count). The fraction of sp³-hybridized carbons (Fsp3) is 0.273. The minimum Gasteiger partial charge on any atom is -0.0961 e. The Kier molecular flexibility index (Phi) is 2.91. The molecule has 0 N–H and O–H groups in total. The third-order valence-electron chi connectivity index (χ3n) is 1.58. The van der Waals surface area contributed by atoms with Crippen LogP contribution < -0.4 is 0 Å². The summed E-state index contributed by atoms with van der Waals surface area (Å²) >= 11 is 0. The average molecular weight is 146 g/mol. The molecule has 0 heterocycles. The van der Waals surface area contributed by atoms with E-state index in [-0.39, 0.29) is 0 Å². The minimum atomic E-state index is 1.10. The van der Waals surface area contributed by atoms with E-state index < -0.39 is 0 Å². The molecule has 0 unspecified atom stereocenters. The summed E-state index contributed by atoms with van der Waals surface area (Å²) in [5, 5.41) is 0. The van der Waals surface area contributed by atoms with E-state index in [9.17, 15) is 0 Å². The lowest BCUT2D eigenvalue weighted by molar-refractivity contribution is 1.02. The Morgan fingerprint density at radius 1 is 1.55 bits per heavy atom. The summed E-state index contributed by atoms with van der Waals surface area (Å²) < 4.78 is 0. The van der Waals surface area contributed by atoms with Gasteiger partial charge in [0.15, 0.2) is 0 Å². The van der Waals surface area contributed by atoms with Crippen LogP contribution in [0.1, 0.15) is 19.8 Å². The Bertz CT molecular complexity index is 226. The zero-order valence-electron chi connectivity index (χ0n) is 7.01. The van der Waals surface area contributed by atoms with Crippen molar-refractivity contribution in [3.8, 4) is 0 Å². The van der Waals surface area contributed by atoms with Crippen molar-refractivity contribution in [2.75, 3.05) is 0 Å². The second kappa shape index (κ2) is 3.97. The SMILES string of the molecule is C=C(C)/C=C/C1=CCCC=C1. The summed E-state index contributed by atoms with van der Waals surface area (Å²) in [7, 11) is 0. The van der Waals surface area contributed by atoms with Gasteiger partial charge in [-0.3, -0.25) is 0 Å². The Hall–Kier alpha value is -1.04. The van der Waals surface area contributed by atoms with E-state index in [1.807, 2.05) is 13.0 Å². The van der Waals surface area contributed by atoms with E-state index in [1.165, 1.54) is 18.4 Å². The smallest absolute Gasteiger partial charge is 0.0300 e. The van der Waals surface area contributed by atoms with Gasteiger partial charge in [-0.25, -0.2) is 0 Å². The molecule has 0 saturated heterocycles. The molecule has 0 aromatic heterocycles. The molecule has 1 aliphatic rings. The third kappa shape index (κ3) is 3.03. The topological polar surface area (TPSA) is 0 Å². The van der Waals surface area contributed by atoms with Crippen LogP contribution >= 0.6 is 0 Å². The van der Waals surface area contributed by atoms with Crippen molar-refractivity contribution < 1.29 is 0 Å². The highest BCUT2D eigenvalue weighted by Gasteiger charge is 1.90. The molecular formula is C11H14. The molecule has 0 heteroatoms. The highest BCUT2D eigenvalue weighted by molar-refractivity contribution is 5.35.